The van der Waals surface area contributed by atoms with Gasteiger partial charge in [0.15, 0.2) is 5.82 Å². The summed E-state index contributed by atoms with van der Waals surface area (Å²) in [5.74, 6) is 0.320. The Morgan fingerprint density at radius 3 is 2.48 bits per heavy atom. The lowest BCUT2D eigenvalue weighted by molar-refractivity contribution is -0.274. The molecule has 7 heteroatoms. The second-order valence-corrected chi connectivity index (χ2v) is 5.89. The van der Waals surface area contributed by atoms with E-state index in [1.54, 1.807) is 6.33 Å². The Balaban J connectivity index is 1.57. The van der Waals surface area contributed by atoms with Gasteiger partial charge in [0.2, 0.25) is 0 Å². The second-order valence-electron chi connectivity index (χ2n) is 5.89. The number of nitrogens with zero attached hydrogens (tertiary/aromatic N) is 3. The van der Waals surface area contributed by atoms with E-state index in [1.807, 2.05) is 6.07 Å². The first kappa shape index (κ1) is 15.7. The van der Waals surface area contributed by atoms with Crippen LogP contribution in [-0.2, 0) is 12.8 Å². The van der Waals surface area contributed by atoms with Gasteiger partial charge in [0.1, 0.15) is 12.1 Å². The standard InChI is InChI=1S/C18H14F3N3O/c19-18(20,21)25-16-8-6-15(7-9-16)24-11-22-17(23-24)14-5-4-12-2-1-3-13(12)10-14/h4-11H,1-3H2. The van der Waals surface area contributed by atoms with Crippen LogP contribution in [0.4, 0.5) is 13.2 Å². The number of halogens is 3. The molecule has 0 fully saturated rings. The van der Waals surface area contributed by atoms with Crippen molar-refractivity contribution < 1.29 is 17.9 Å². The SMILES string of the molecule is FC(F)(F)Oc1ccc(-n2cnc(-c3ccc4c(c3)CCC4)n2)cc1. The largest absolute Gasteiger partial charge is 0.573 e. The molecule has 25 heavy (non-hydrogen) atoms. The maximum Gasteiger partial charge on any atom is 0.573 e. The van der Waals surface area contributed by atoms with Gasteiger partial charge in [-0.3, -0.25) is 0 Å². The Kier molecular flexibility index (Phi) is 3.71. The molecule has 0 saturated carbocycles. The number of rotatable bonds is 3. The molecule has 0 atom stereocenters. The zero-order valence-corrected chi connectivity index (χ0v) is 13.1. The van der Waals surface area contributed by atoms with Crippen molar-refractivity contribution in [3.05, 3.63) is 59.9 Å². The van der Waals surface area contributed by atoms with Crippen molar-refractivity contribution in [2.45, 2.75) is 25.6 Å². The Bertz CT molecular complexity index is 901. The summed E-state index contributed by atoms with van der Waals surface area (Å²) in [7, 11) is 0. The number of ether oxygens (including phenoxy) is 1. The molecule has 0 amide bonds. The lowest BCUT2D eigenvalue weighted by atomic mass is 10.1. The van der Waals surface area contributed by atoms with Crippen LogP contribution in [0.15, 0.2) is 48.8 Å². The average Bonchev–Trinajstić information content (AvgIpc) is 3.22. The summed E-state index contributed by atoms with van der Waals surface area (Å²) in [4.78, 5) is 4.31. The Labute approximate surface area is 141 Å². The molecular weight excluding hydrogens is 331 g/mol. The van der Waals surface area contributed by atoms with Crippen molar-refractivity contribution in [3.63, 3.8) is 0 Å². The van der Waals surface area contributed by atoms with Crippen molar-refractivity contribution in [1.82, 2.24) is 14.8 Å². The number of hydrogen-bond donors (Lipinski definition) is 0. The first-order valence-electron chi connectivity index (χ1n) is 7.88. The fraction of sp³-hybridized carbons (Fsp3) is 0.222. The fourth-order valence-corrected chi connectivity index (χ4v) is 3.03. The quantitative estimate of drug-likeness (QED) is 0.710. The van der Waals surface area contributed by atoms with Gasteiger partial charge < -0.3 is 4.74 Å². The highest BCUT2D eigenvalue weighted by molar-refractivity contribution is 5.58. The molecule has 4 nitrogen and oxygen atoms in total. The molecule has 0 unspecified atom stereocenters. The molecule has 1 aliphatic carbocycles. The first-order valence-corrected chi connectivity index (χ1v) is 7.88. The van der Waals surface area contributed by atoms with Crippen LogP contribution in [0.3, 0.4) is 0 Å². The summed E-state index contributed by atoms with van der Waals surface area (Å²) in [6.07, 6.45) is 0.207. The third-order valence-electron chi connectivity index (χ3n) is 4.18. The van der Waals surface area contributed by atoms with E-state index in [9.17, 15) is 13.2 Å². The van der Waals surface area contributed by atoms with E-state index in [1.165, 1.54) is 46.5 Å². The van der Waals surface area contributed by atoms with E-state index in [-0.39, 0.29) is 5.75 Å². The zero-order valence-electron chi connectivity index (χ0n) is 13.1. The lowest BCUT2D eigenvalue weighted by Gasteiger charge is -2.09. The molecule has 1 aromatic heterocycles. The van der Waals surface area contributed by atoms with Crippen LogP contribution < -0.4 is 4.74 Å². The molecule has 4 rings (SSSR count). The van der Waals surface area contributed by atoms with Crippen LogP contribution in [0.25, 0.3) is 17.1 Å². The summed E-state index contributed by atoms with van der Waals surface area (Å²) < 4.78 is 42.0. The highest BCUT2D eigenvalue weighted by Crippen LogP contribution is 2.27. The van der Waals surface area contributed by atoms with Gasteiger partial charge in [0.25, 0.3) is 0 Å². The average molecular weight is 345 g/mol. The summed E-state index contributed by atoms with van der Waals surface area (Å²) in [6, 6.07) is 11.7. The minimum Gasteiger partial charge on any atom is -0.406 e. The molecule has 0 N–H and O–H groups in total. The molecule has 128 valence electrons. The number of benzene rings is 2. The van der Waals surface area contributed by atoms with Crippen molar-refractivity contribution >= 4 is 0 Å². The van der Waals surface area contributed by atoms with Gasteiger partial charge in [-0.05, 0) is 60.7 Å². The maximum absolute atomic E-state index is 12.2. The topological polar surface area (TPSA) is 39.9 Å². The van der Waals surface area contributed by atoms with Crippen LogP contribution in [0, 0.1) is 0 Å². The van der Waals surface area contributed by atoms with E-state index in [0.717, 1.165) is 18.4 Å². The van der Waals surface area contributed by atoms with Gasteiger partial charge in [-0.25, -0.2) is 9.67 Å². The van der Waals surface area contributed by atoms with E-state index < -0.39 is 6.36 Å². The second kappa shape index (κ2) is 5.91. The van der Waals surface area contributed by atoms with E-state index in [0.29, 0.717) is 11.5 Å². The third kappa shape index (κ3) is 3.35. The monoisotopic (exact) mass is 345 g/mol. The van der Waals surface area contributed by atoms with Crippen LogP contribution in [-0.4, -0.2) is 21.1 Å². The van der Waals surface area contributed by atoms with Crippen LogP contribution in [0.2, 0.25) is 0 Å². The van der Waals surface area contributed by atoms with E-state index in [2.05, 4.69) is 27.0 Å². The molecule has 1 aliphatic rings. The van der Waals surface area contributed by atoms with Gasteiger partial charge in [0, 0.05) is 5.56 Å². The molecule has 3 aromatic rings. The molecular formula is C18H14F3N3O. The highest BCUT2D eigenvalue weighted by atomic mass is 19.4. The number of alkyl halides is 3. The summed E-state index contributed by atoms with van der Waals surface area (Å²) in [6.45, 7) is 0. The number of aryl methyl sites for hydroxylation is 2. The van der Waals surface area contributed by atoms with Crippen molar-refractivity contribution in [2.75, 3.05) is 0 Å². The van der Waals surface area contributed by atoms with Gasteiger partial charge >= 0.3 is 6.36 Å². The predicted octanol–water partition coefficient (Wildman–Crippen LogP) is 4.32. The maximum atomic E-state index is 12.2. The van der Waals surface area contributed by atoms with Crippen molar-refractivity contribution in [1.29, 1.82) is 0 Å². The minimum absolute atomic E-state index is 0.268. The molecule has 0 saturated heterocycles. The highest BCUT2D eigenvalue weighted by Gasteiger charge is 2.31. The number of hydrogen-bond acceptors (Lipinski definition) is 3. The predicted molar refractivity (Wildman–Crippen MR) is 85.5 cm³/mol. The molecule has 2 aromatic carbocycles. The van der Waals surface area contributed by atoms with E-state index >= 15 is 0 Å². The fourth-order valence-electron chi connectivity index (χ4n) is 3.03. The van der Waals surface area contributed by atoms with Crippen LogP contribution in [0.1, 0.15) is 17.5 Å². The smallest absolute Gasteiger partial charge is 0.406 e. The molecule has 0 radical (unpaired) electrons. The van der Waals surface area contributed by atoms with Crippen LogP contribution >= 0.6 is 0 Å². The van der Waals surface area contributed by atoms with Gasteiger partial charge in [-0.1, -0.05) is 12.1 Å². The van der Waals surface area contributed by atoms with Crippen molar-refractivity contribution in [2.24, 2.45) is 0 Å². The summed E-state index contributed by atoms with van der Waals surface area (Å²) in [5, 5.41) is 4.42. The summed E-state index contributed by atoms with van der Waals surface area (Å²) in [5.41, 5.74) is 4.26. The van der Waals surface area contributed by atoms with E-state index in [4.69, 9.17) is 0 Å². The Hall–Kier alpha value is -2.83. The minimum atomic E-state index is -4.70. The zero-order chi connectivity index (χ0) is 17.4. The molecule has 0 bridgehead atoms. The van der Waals surface area contributed by atoms with Gasteiger partial charge in [-0.2, -0.15) is 0 Å². The van der Waals surface area contributed by atoms with Gasteiger partial charge in [0.05, 0.1) is 5.69 Å². The van der Waals surface area contributed by atoms with Crippen LogP contribution in [0.5, 0.6) is 5.75 Å². The molecule has 0 aliphatic heterocycles. The summed E-state index contributed by atoms with van der Waals surface area (Å²) >= 11 is 0. The van der Waals surface area contributed by atoms with Crippen molar-refractivity contribution in [3.8, 4) is 22.8 Å². The lowest BCUT2D eigenvalue weighted by Crippen LogP contribution is -2.17. The van der Waals surface area contributed by atoms with Gasteiger partial charge in [-0.15, -0.1) is 18.3 Å². The first-order chi connectivity index (χ1) is 12.0. The third-order valence-corrected chi connectivity index (χ3v) is 4.18. The Morgan fingerprint density at radius 1 is 0.960 bits per heavy atom. The number of fused-ring (bicyclic) bond motifs is 1. The molecule has 0 spiro atoms. The normalized spacial score (nSPS) is 13.7. The molecule has 1 heterocycles. The number of aromatic nitrogens is 3. The Morgan fingerprint density at radius 2 is 1.72 bits per heavy atom.